The van der Waals surface area contributed by atoms with Crippen LogP contribution < -0.4 is 11.2 Å². The van der Waals surface area contributed by atoms with E-state index in [9.17, 15) is 9.59 Å². The van der Waals surface area contributed by atoms with E-state index in [0.29, 0.717) is 0 Å². The molecule has 0 aromatic carbocycles. The molecule has 2 N–H and O–H groups in total. The normalized spacial score (nSPS) is 8.00. The Morgan fingerprint density at radius 2 is 2.00 bits per heavy atom. The molecule has 1 rings (SSSR count). The molecule has 0 fully saturated rings. The molecule has 1 aromatic rings. The summed E-state index contributed by atoms with van der Waals surface area (Å²) in [5.74, 6) is 0. The predicted octanol–water partition coefficient (Wildman–Crippen LogP) is -1.32. The van der Waals surface area contributed by atoms with Crippen molar-refractivity contribution in [1.82, 2.24) is 9.97 Å². The molecule has 0 atom stereocenters. The van der Waals surface area contributed by atoms with Crippen LogP contribution in [0.3, 0.4) is 0 Å². The maximum atomic E-state index is 10.2. The Hall–Kier alpha value is -0.320. The third kappa shape index (κ3) is 2.64. The van der Waals surface area contributed by atoms with Gasteiger partial charge in [0, 0.05) is 41.8 Å². The van der Waals surface area contributed by atoms with Crippen molar-refractivity contribution in [2.24, 2.45) is 0 Å². The summed E-state index contributed by atoms with van der Waals surface area (Å²) in [6.45, 7) is 0. The zero-order valence-corrected chi connectivity index (χ0v) is 6.97. The van der Waals surface area contributed by atoms with Gasteiger partial charge in [0.2, 0.25) is 0 Å². The van der Waals surface area contributed by atoms with E-state index in [4.69, 9.17) is 0 Å². The fraction of sp³-hybridized carbons (Fsp3) is 0. The SMILES string of the molecule is O=c1cc[nH]c(=O)[nH]1.[Na]. The standard InChI is InChI=1S/C4H4N2O2.Na/c7-3-1-2-5-4(8)6-3;/h1-2H,(H2,5,6,7,8);. The minimum absolute atomic E-state index is 0. The van der Waals surface area contributed by atoms with Gasteiger partial charge in [-0.05, 0) is 0 Å². The largest absolute Gasteiger partial charge is 0.325 e. The third-order valence-corrected chi connectivity index (χ3v) is 0.686. The van der Waals surface area contributed by atoms with Crippen LogP contribution in [-0.4, -0.2) is 39.5 Å². The summed E-state index contributed by atoms with van der Waals surface area (Å²) in [5.41, 5.74) is -0.855. The Morgan fingerprint density at radius 1 is 1.33 bits per heavy atom. The number of aromatic nitrogens is 2. The molecular weight excluding hydrogens is 131 g/mol. The van der Waals surface area contributed by atoms with E-state index in [-0.39, 0.29) is 35.1 Å². The molecule has 0 aliphatic heterocycles. The number of hydrogen-bond acceptors (Lipinski definition) is 2. The van der Waals surface area contributed by atoms with Gasteiger partial charge in [-0.3, -0.25) is 9.78 Å². The first kappa shape index (κ1) is 8.68. The first-order valence-corrected chi connectivity index (χ1v) is 2.07. The van der Waals surface area contributed by atoms with Gasteiger partial charge in [0.05, 0.1) is 0 Å². The molecule has 0 spiro atoms. The van der Waals surface area contributed by atoms with Crippen LogP contribution in [0.5, 0.6) is 0 Å². The first-order chi connectivity index (χ1) is 3.79. The molecule has 1 heterocycles. The predicted molar refractivity (Wildman–Crippen MR) is 33.4 cm³/mol. The van der Waals surface area contributed by atoms with Crippen LogP contribution in [0.1, 0.15) is 0 Å². The molecule has 43 valence electrons. The van der Waals surface area contributed by atoms with Gasteiger partial charge in [0.15, 0.2) is 0 Å². The minimum atomic E-state index is -0.475. The molecule has 0 aliphatic carbocycles. The molecule has 1 radical (unpaired) electrons. The van der Waals surface area contributed by atoms with Crippen LogP contribution >= 0.6 is 0 Å². The summed E-state index contributed by atoms with van der Waals surface area (Å²) in [4.78, 5) is 24.7. The van der Waals surface area contributed by atoms with E-state index in [2.05, 4.69) is 4.98 Å². The number of nitrogens with one attached hydrogen (secondary N) is 2. The smallest absolute Gasteiger partial charge is 0.314 e. The van der Waals surface area contributed by atoms with Crippen molar-refractivity contribution < 1.29 is 0 Å². The molecule has 0 aliphatic rings. The Morgan fingerprint density at radius 3 is 2.33 bits per heavy atom. The quantitative estimate of drug-likeness (QED) is 0.433. The van der Waals surface area contributed by atoms with E-state index >= 15 is 0 Å². The monoisotopic (exact) mass is 135 g/mol. The van der Waals surface area contributed by atoms with E-state index in [0.717, 1.165) is 0 Å². The van der Waals surface area contributed by atoms with Gasteiger partial charge in [-0.25, -0.2) is 4.79 Å². The van der Waals surface area contributed by atoms with Gasteiger partial charge < -0.3 is 4.98 Å². The van der Waals surface area contributed by atoms with Gasteiger partial charge in [-0.15, -0.1) is 0 Å². The molecule has 0 bridgehead atoms. The summed E-state index contributed by atoms with van der Waals surface area (Å²) in [7, 11) is 0. The van der Waals surface area contributed by atoms with Crippen molar-refractivity contribution >= 4 is 29.6 Å². The summed E-state index contributed by atoms with van der Waals surface area (Å²) >= 11 is 0. The third-order valence-electron chi connectivity index (χ3n) is 0.686. The van der Waals surface area contributed by atoms with Crippen LogP contribution in [0.15, 0.2) is 21.9 Å². The van der Waals surface area contributed by atoms with Crippen LogP contribution in [0.4, 0.5) is 0 Å². The van der Waals surface area contributed by atoms with E-state index in [1.54, 1.807) is 0 Å². The van der Waals surface area contributed by atoms with E-state index in [1.165, 1.54) is 12.3 Å². The summed E-state index contributed by atoms with van der Waals surface area (Å²) in [6.07, 6.45) is 1.29. The summed E-state index contributed by atoms with van der Waals surface area (Å²) in [6, 6.07) is 1.24. The Balaban J connectivity index is 0.000000640. The van der Waals surface area contributed by atoms with Crippen molar-refractivity contribution in [3.63, 3.8) is 0 Å². The average molecular weight is 135 g/mol. The molecule has 0 saturated heterocycles. The van der Waals surface area contributed by atoms with Crippen molar-refractivity contribution in [3.05, 3.63) is 33.1 Å². The average Bonchev–Trinajstić information content (AvgIpc) is 1.64. The zero-order chi connectivity index (χ0) is 5.98. The van der Waals surface area contributed by atoms with E-state index < -0.39 is 5.69 Å². The van der Waals surface area contributed by atoms with Gasteiger partial charge in [0.1, 0.15) is 0 Å². The van der Waals surface area contributed by atoms with Crippen LogP contribution in [-0.2, 0) is 0 Å². The number of rotatable bonds is 0. The molecule has 0 saturated carbocycles. The Labute approximate surface area is 72.6 Å². The van der Waals surface area contributed by atoms with E-state index in [1.807, 2.05) is 4.98 Å². The van der Waals surface area contributed by atoms with Crippen molar-refractivity contribution in [2.75, 3.05) is 0 Å². The van der Waals surface area contributed by atoms with Crippen LogP contribution in [0.2, 0.25) is 0 Å². The molecule has 9 heavy (non-hydrogen) atoms. The second-order valence-electron chi connectivity index (χ2n) is 1.30. The van der Waals surface area contributed by atoms with Crippen LogP contribution in [0.25, 0.3) is 0 Å². The maximum absolute atomic E-state index is 10.2. The summed E-state index contributed by atoms with van der Waals surface area (Å²) in [5, 5.41) is 0. The maximum Gasteiger partial charge on any atom is 0.325 e. The second kappa shape index (κ2) is 3.66. The summed E-state index contributed by atoms with van der Waals surface area (Å²) < 4.78 is 0. The van der Waals surface area contributed by atoms with Crippen molar-refractivity contribution in [3.8, 4) is 0 Å². The Bertz CT molecular complexity index is 251. The first-order valence-electron chi connectivity index (χ1n) is 2.07. The van der Waals surface area contributed by atoms with Crippen molar-refractivity contribution in [1.29, 1.82) is 0 Å². The van der Waals surface area contributed by atoms with Crippen LogP contribution in [0, 0.1) is 0 Å². The second-order valence-corrected chi connectivity index (χ2v) is 1.30. The topological polar surface area (TPSA) is 65.7 Å². The molecule has 0 unspecified atom stereocenters. The minimum Gasteiger partial charge on any atom is -0.314 e. The Kier molecular flexibility index (Phi) is 3.53. The van der Waals surface area contributed by atoms with Crippen molar-refractivity contribution in [2.45, 2.75) is 0 Å². The fourth-order valence-electron chi connectivity index (χ4n) is 0.383. The molecule has 0 amide bonds. The van der Waals surface area contributed by atoms with Gasteiger partial charge in [0.25, 0.3) is 5.56 Å². The van der Waals surface area contributed by atoms with Gasteiger partial charge in [-0.2, -0.15) is 0 Å². The number of H-pyrrole nitrogens is 2. The number of aromatic amines is 2. The molecular formula is C4H4N2NaO2. The van der Waals surface area contributed by atoms with Gasteiger partial charge >= 0.3 is 5.69 Å². The number of hydrogen-bond donors (Lipinski definition) is 2. The molecule has 1 aromatic heterocycles. The molecule has 4 nitrogen and oxygen atoms in total. The molecule has 5 heteroatoms. The van der Waals surface area contributed by atoms with Gasteiger partial charge in [-0.1, -0.05) is 0 Å². The zero-order valence-electron chi connectivity index (χ0n) is 4.97. The fourth-order valence-corrected chi connectivity index (χ4v) is 0.383.